The Morgan fingerprint density at radius 2 is 1.90 bits per heavy atom. The Morgan fingerprint density at radius 3 is 2.35 bits per heavy atom. The number of carbonyl (C=O) groups excluding carboxylic acids is 1. The van der Waals surface area contributed by atoms with Crippen LogP contribution in [-0.2, 0) is 4.74 Å². The van der Waals surface area contributed by atoms with Crippen LogP contribution >= 0.6 is 22.6 Å². The van der Waals surface area contributed by atoms with Crippen LogP contribution in [-0.4, -0.2) is 29.9 Å². The summed E-state index contributed by atoms with van der Waals surface area (Å²) in [6.45, 7) is 5.16. The van der Waals surface area contributed by atoms with Crippen molar-refractivity contribution < 1.29 is 24.2 Å². The number of carboxylic acids is 1. The van der Waals surface area contributed by atoms with Crippen molar-refractivity contribution in [3.8, 4) is 5.75 Å². The number of aromatic carboxylic acids is 1. The monoisotopic (exact) mass is 393 g/mol. The van der Waals surface area contributed by atoms with E-state index in [9.17, 15) is 9.59 Å². The Bertz CT molecular complexity index is 536. The molecule has 1 aromatic carbocycles. The molecule has 1 aromatic rings. The van der Waals surface area contributed by atoms with Gasteiger partial charge in [-0.3, -0.25) is 5.32 Å². The molecule has 0 aliphatic heterocycles. The maximum absolute atomic E-state index is 11.7. The number of amides is 1. The normalized spacial score (nSPS) is 10.8. The van der Waals surface area contributed by atoms with Crippen molar-refractivity contribution in [2.45, 2.75) is 26.4 Å². The van der Waals surface area contributed by atoms with Crippen LogP contribution in [0.3, 0.4) is 0 Å². The van der Waals surface area contributed by atoms with Crippen LogP contribution in [0.4, 0.5) is 10.5 Å². The summed E-state index contributed by atoms with van der Waals surface area (Å²) in [6, 6.07) is 2.88. The summed E-state index contributed by atoms with van der Waals surface area (Å²) >= 11 is 1.96. The largest absolute Gasteiger partial charge is 0.496 e. The van der Waals surface area contributed by atoms with Gasteiger partial charge >= 0.3 is 12.1 Å². The third-order valence-corrected chi connectivity index (χ3v) is 3.00. The van der Waals surface area contributed by atoms with Crippen molar-refractivity contribution in [2.75, 3.05) is 12.4 Å². The molecule has 0 fully saturated rings. The van der Waals surface area contributed by atoms with Crippen LogP contribution in [0.15, 0.2) is 12.1 Å². The zero-order chi connectivity index (χ0) is 15.5. The van der Waals surface area contributed by atoms with Gasteiger partial charge in [0.25, 0.3) is 0 Å². The van der Waals surface area contributed by atoms with Gasteiger partial charge in [-0.1, -0.05) is 0 Å². The number of ether oxygens (including phenoxy) is 2. The molecule has 0 aliphatic carbocycles. The number of carbonyl (C=O) groups is 2. The van der Waals surface area contributed by atoms with E-state index in [0.29, 0.717) is 9.32 Å². The molecule has 1 rings (SSSR count). The second-order valence-corrected chi connectivity index (χ2v) is 6.13. The predicted octanol–water partition coefficient (Wildman–Crippen LogP) is 3.35. The van der Waals surface area contributed by atoms with Gasteiger partial charge < -0.3 is 14.6 Å². The molecule has 0 heterocycles. The van der Waals surface area contributed by atoms with Crippen molar-refractivity contribution >= 4 is 40.3 Å². The van der Waals surface area contributed by atoms with E-state index in [1.165, 1.54) is 19.2 Å². The lowest BCUT2D eigenvalue weighted by Gasteiger charge is -2.20. The zero-order valence-corrected chi connectivity index (χ0v) is 13.8. The second kappa shape index (κ2) is 6.29. The van der Waals surface area contributed by atoms with Gasteiger partial charge in [0, 0.05) is 6.07 Å². The fourth-order valence-corrected chi connectivity index (χ4v) is 2.09. The van der Waals surface area contributed by atoms with Gasteiger partial charge in [0.1, 0.15) is 11.4 Å². The summed E-state index contributed by atoms with van der Waals surface area (Å²) in [4.78, 5) is 22.9. The van der Waals surface area contributed by atoms with Gasteiger partial charge in [-0.15, -0.1) is 0 Å². The fraction of sp³-hybridized carbons (Fsp3) is 0.385. The van der Waals surface area contributed by atoms with Gasteiger partial charge in [-0.05, 0) is 49.4 Å². The molecule has 2 N–H and O–H groups in total. The molecule has 0 bridgehead atoms. The summed E-state index contributed by atoms with van der Waals surface area (Å²) in [6.07, 6.45) is -0.719. The molecule has 0 saturated carbocycles. The van der Waals surface area contributed by atoms with Crippen molar-refractivity contribution in [3.63, 3.8) is 0 Å². The van der Waals surface area contributed by atoms with Gasteiger partial charge in [0.2, 0.25) is 0 Å². The molecule has 0 radical (unpaired) electrons. The molecule has 0 saturated heterocycles. The molecular weight excluding hydrogens is 377 g/mol. The molecule has 6 nitrogen and oxygen atoms in total. The standard InChI is InChI=1S/C13H16INO5/c1-13(2,3)20-12(18)15-9-6-10(19-4)8(14)5-7(9)11(16)17/h5-6H,1-4H3,(H,15,18)(H,16,17). The van der Waals surface area contributed by atoms with E-state index in [4.69, 9.17) is 14.6 Å². The van der Waals surface area contributed by atoms with E-state index >= 15 is 0 Å². The van der Waals surface area contributed by atoms with Gasteiger partial charge in [0.05, 0.1) is 21.9 Å². The maximum Gasteiger partial charge on any atom is 0.412 e. The van der Waals surface area contributed by atoms with Gasteiger partial charge in [-0.25, -0.2) is 9.59 Å². The first-order chi connectivity index (χ1) is 9.14. The van der Waals surface area contributed by atoms with E-state index in [0.717, 1.165) is 0 Å². The summed E-state index contributed by atoms with van der Waals surface area (Å²) in [5.74, 6) is -0.668. The molecule has 0 atom stereocenters. The fourth-order valence-electron chi connectivity index (χ4n) is 1.40. The number of hydrogen-bond acceptors (Lipinski definition) is 4. The van der Waals surface area contributed by atoms with Crippen molar-refractivity contribution in [2.24, 2.45) is 0 Å². The van der Waals surface area contributed by atoms with Crippen LogP contribution in [0, 0.1) is 3.57 Å². The minimum absolute atomic E-state index is 0.0268. The van der Waals surface area contributed by atoms with Gasteiger partial charge in [0.15, 0.2) is 0 Å². The average Bonchev–Trinajstić information content (AvgIpc) is 2.28. The molecule has 110 valence electrons. The van der Waals surface area contributed by atoms with Crippen LogP contribution in [0.25, 0.3) is 0 Å². The predicted molar refractivity (Wildman–Crippen MR) is 82.5 cm³/mol. The molecule has 0 aliphatic rings. The third kappa shape index (κ3) is 4.55. The van der Waals surface area contributed by atoms with Crippen molar-refractivity contribution in [1.29, 1.82) is 0 Å². The highest BCUT2D eigenvalue weighted by Gasteiger charge is 2.20. The van der Waals surface area contributed by atoms with Crippen LogP contribution in [0.5, 0.6) is 5.75 Å². The Kier molecular flexibility index (Phi) is 5.21. The minimum Gasteiger partial charge on any atom is -0.496 e. The first kappa shape index (κ1) is 16.5. The maximum atomic E-state index is 11.7. The summed E-state index contributed by atoms with van der Waals surface area (Å²) in [7, 11) is 1.47. The summed E-state index contributed by atoms with van der Waals surface area (Å²) in [5.41, 5.74) is -0.564. The Morgan fingerprint density at radius 1 is 1.30 bits per heavy atom. The minimum atomic E-state index is -1.14. The highest BCUT2D eigenvalue weighted by Crippen LogP contribution is 2.29. The van der Waals surface area contributed by atoms with E-state index < -0.39 is 17.7 Å². The molecule has 0 spiro atoms. The topological polar surface area (TPSA) is 84.9 Å². The SMILES string of the molecule is COc1cc(NC(=O)OC(C)(C)C)c(C(=O)O)cc1I. The lowest BCUT2D eigenvalue weighted by atomic mass is 10.1. The lowest BCUT2D eigenvalue weighted by Crippen LogP contribution is -2.27. The first-order valence-electron chi connectivity index (χ1n) is 5.75. The van der Waals surface area contributed by atoms with E-state index in [1.807, 2.05) is 22.6 Å². The Balaban J connectivity index is 3.09. The molecule has 1 amide bonds. The van der Waals surface area contributed by atoms with E-state index in [2.05, 4.69) is 5.32 Å². The van der Waals surface area contributed by atoms with Crippen LogP contribution in [0.2, 0.25) is 0 Å². The smallest absolute Gasteiger partial charge is 0.412 e. The summed E-state index contributed by atoms with van der Waals surface area (Å²) < 4.78 is 10.8. The number of benzene rings is 1. The van der Waals surface area contributed by atoms with Gasteiger partial charge in [-0.2, -0.15) is 0 Å². The highest BCUT2D eigenvalue weighted by atomic mass is 127. The number of hydrogen-bond donors (Lipinski definition) is 2. The number of methoxy groups -OCH3 is 1. The Hall–Kier alpha value is -1.51. The number of anilines is 1. The number of carboxylic acid groups (broad SMARTS) is 1. The quantitative estimate of drug-likeness (QED) is 0.770. The van der Waals surface area contributed by atoms with E-state index in [1.54, 1.807) is 20.8 Å². The van der Waals surface area contributed by atoms with Crippen LogP contribution in [0.1, 0.15) is 31.1 Å². The molecular formula is C13H16INO5. The third-order valence-electron chi connectivity index (χ3n) is 2.16. The zero-order valence-electron chi connectivity index (χ0n) is 11.6. The summed E-state index contributed by atoms with van der Waals surface area (Å²) in [5, 5.41) is 11.6. The highest BCUT2D eigenvalue weighted by molar-refractivity contribution is 14.1. The van der Waals surface area contributed by atoms with Crippen molar-refractivity contribution in [3.05, 3.63) is 21.3 Å². The second-order valence-electron chi connectivity index (χ2n) is 4.96. The Labute approximate surface area is 130 Å². The average molecular weight is 393 g/mol. The molecule has 20 heavy (non-hydrogen) atoms. The van der Waals surface area contributed by atoms with E-state index in [-0.39, 0.29) is 11.3 Å². The number of nitrogens with one attached hydrogen (secondary N) is 1. The molecule has 0 unspecified atom stereocenters. The van der Waals surface area contributed by atoms with Crippen molar-refractivity contribution in [1.82, 2.24) is 0 Å². The first-order valence-corrected chi connectivity index (χ1v) is 6.82. The molecule has 7 heteroatoms. The van der Waals surface area contributed by atoms with Crippen LogP contribution < -0.4 is 10.1 Å². The lowest BCUT2D eigenvalue weighted by molar-refractivity contribution is 0.0636. The number of rotatable bonds is 3. The number of halogens is 1. The molecule has 0 aromatic heterocycles.